The number of aliphatic carboxylic acids is 1. The molecule has 9 nitrogen and oxygen atoms in total. The minimum absolute atomic E-state index is 0. The number of nitrogens with one attached hydrogen (secondary N) is 1. The molecule has 0 aromatic carbocycles. The smallest absolute Gasteiger partial charge is 0.550 e. The predicted molar refractivity (Wildman–Crippen MR) is 128 cm³/mol. The van der Waals surface area contributed by atoms with E-state index >= 15 is 0 Å². The Bertz CT molecular complexity index is 712. The van der Waals surface area contributed by atoms with Crippen molar-refractivity contribution in [2.45, 2.75) is 108 Å². The Morgan fingerprint density at radius 3 is 1.94 bits per heavy atom. The van der Waals surface area contributed by atoms with Crippen LogP contribution in [0.2, 0.25) is 0 Å². The Hall–Kier alpha value is -0.940. The minimum atomic E-state index is -4.93. The standard InChI is InChI=1S/C24H43NO8S.Na/c1-2-3-4-5-6-7-8-9-10-11-12-13-14-15-16-17-22(26)25-18-19-33-24(29)21(20-23(27)28)34(30,31)32;/h9-10,21H,2-8,11-20H2,1H3,(H,25,26)(H,27,28)(H,30,31,32);/q;+1/p-1/b10-9-;. The molecule has 0 saturated carbocycles. The number of hydrogen-bond acceptors (Lipinski definition) is 7. The summed E-state index contributed by atoms with van der Waals surface area (Å²) in [7, 11) is -4.93. The molecule has 1 unspecified atom stereocenters. The monoisotopic (exact) mass is 527 g/mol. The van der Waals surface area contributed by atoms with Crippen LogP contribution >= 0.6 is 0 Å². The molecule has 0 heterocycles. The molecule has 0 aliphatic rings. The van der Waals surface area contributed by atoms with Crippen LogP contribution in [-0.2, 0) is 29.2 Å². The average molecular weight is 528 g/mol. The predicted octanol–water partition coefficient (Wildman–Crippen LogP) is 0.0837. The Labute approximate surface area is 232 Å². The van der Waals surface area contributed by atoms with Crippen molar-refractivity contribution in [1.29, 1.82) is 0 Å². The van der Waals surface area contributed by atoms with Gasteiger partial charge in [0, 0.05) is 18.8 Å². The molecule has 11 heteroatoms. The molecule has 0 aromatic heterocycles. The summed E-state index contributed by atoms with van der Waals surface area (Å²) in [5.41, 5.74) is 0. The summed E-state index contributed by atoms with van der Waals surface area (Å²) < 4.78 is 35.7. The van der Waals surface area contributed by atoms with Gasteiger partial charge in [0.05, 0.1) is 6.54 Å². The number of carboxylic acids is 1. The van der Waals surface area contributed by atoms with E-state index < -0.39 is 33.7 Å². The number of hydrogen-bond donors (Lipinski definition) is 2. The molecule has 0 bridgehead atoms. The van der Waals surface area contributed by atoms with Gasteiger partial charge in [-0.3, -0.25) is 14.1 Å². The quantitative estimate of drug-likeness (QED) is 0.0661. The fourth-order valence-corrected chi connectivity index (χ4v) is 4.00. The van der Waals surface area contributed by atoms with E-state index in [2.05, 4.69) is 29.1 Å². The van der Waals surface area contributed by atoms with Gasteiger partial charge >= 0.3 is 35.5 Å². The summed E-state index contributed by atoms with van der Waals surface area (Å²) in [5, 5.41) is 10.8. The van der Waals surface area contributed by atoms with Crippen molar-refractivity contribution >= 4 is 28.0 Å². The first-order valence-electron chi connectivity index (χ1n) is 12.4. The van der Waals surface area contributed by atoms with Crippen molar-refractivity contribution in [3.8, 4) is 0 Å². The first-order chi connectivity index (χ1) is 16.2. The van der Waals surface area contributed by atoms with E-state index in [0.29, 0.717) is 6.42 Å². The number of ether oxygens (including phenoxy) is 1. The van der Waals surface area contributed by atoms with Gasteiger partial charge in [0.1, 0.15) is 6.61 Å². The van der Waals surface area contributed by atoms with Crippen molar-refractivity contribution in [3.63, 3.8) is 0 Å². The van der Waals surface area contributed by atoms with Gasteiger partial charge in [0.25, 0.3) is 10.1 Å². The van der Waals surface area contributed by atoms with Gasteiger partial charge in [-0.15, -0.1) is 0 Å². The van der Waals surface area contributed by atoms with Crippen LogP contribution < -0.4 is 40.0 Å². The largest absolute Gasteiger partial charge is 1.00 e. The number of allylic oxidation sites excluding steroid dienone is 2. The molecule has 35 heavy (non-hydrogen) atoms. The number of amides is 1. The second kappa shape index (κ2) is 23.5. The number of carbonyl (C=O) groups excluding carboxylic acids is 3. The van der Waals surface area contributed by atoms with Crippen LogP contribution in [0, 0.1) is 0 Å². The normalized spacial score (nSPS) is 12.2. The second-order valence-corrected chi connectivity index (χ2v) is 10.0. The molecule has 1 atom stereocenters. The van der Waals surface area contributed by atoms with Crippen LogP contribution in [0.1, 0.15) is 103 Å². The van der Waals surface area contributed by atoms with Crippen molar-refractivity contribution in [1.82, 2.24) is 5.32 Å². The summed E-state index contributed by atoms with van der Waals surface area (Å²) >= 11 is 0. The first-order valence-corrected chi connectivity index (χ1v) is 13.9. The second-order valence-electron chi connectivity index (χ2n) is 8.43. The van der Waals surface area contributed by atoms with E-state index in [1.807, 2.05) is 0 Å². The van der Waals surface area contributed by atoms with Crippen LogP contribution in [0.4, 0.5) is 0 Å². The maximum absolute atomic E-state index is 11.8. The summed E-state index contributed by atoms with van der Waals surface area (Å²) in [6, 6.07) is 0. The average Bonchev–Trinajstić information content (AvgIpc) is 2.76. The van der Waals surface area contributed by atoms with Crippen LogP contribution in [0.3, 0.4) is 0 Å². The van der Waals surface area contributed by atoms with Crippen LogP contribution in [0.25, 0.3) is 0 Å². The number of carboxylic acid groups (broad SMARTS) is 1. The molecular weight excluding hydrogens is 485 g/mol. The summed E-state index contributed by atoms with van der Waals surface area (Å²) in [5.74, 6) is -3.43. The summed E-state index contributed by atoms with van der Waals surface area (Å²) in [4.78, 5) is 33.9. The zero-order valence-electron chi connectivity index (χ0n) is 21.5. The summed E-state index contributed by atoms with van der Waals surface area (Å²) in [6.07, 6.45) is 18.9. The molecule has 198 valence electrons. The molecule has 0 fully saturated rings. The Balaban J connectivity index is 0. The number of unbranched alkanes of at least 4 members (excludes halogenated alkanes) is 11. The SMILES string of the molecule is CCCCCCCC/C=C\CCCCCCCC(=O)NCCOC(=O)C(CC(=O)[O-])S(=O)(=O)O.[Na+]. The number of esters is 1. The maximum atomic E-state index is 11.8. The molecule has 0 radical (unpaired) electrons. The molecule has 0 aliphatic carbocycles. The van der Waals surface area contributed by atoms with Gasteiger partial charge < -0.3 is 20.0 Å². The fraction of sp³-hybridized carbons (Fsp3) is 0.792. The van der Waals surface area contributed by atoms with Gasteiger partial charge in [-0.1, -0.05) is 70.4 Å². The zero-order valence-corrected chi connectivity index (χ0v) is 24.3. The van der Waals surface area contributed by atoms with Gasteiger partial charge in [-0.2, -0.15) is 8.42 Å². The molecule has 0 aromatic rings. The Kier molecular flexibility index (Phi) is 24.3. The number of carbonyl (C=O) groups is 3. The number of rotatable bonds is 22. The Morgan fingerprint density at radius 1 is 0.914 bits per heavy atom. The van der Waals surface area contributed by atoms with Crippen molar-refractivity contribution in [3.05, 3.63) is 12.2 Å². The third kappa shape index (κ3) is 23.2. The van der Waals surface area contributed by atoms with Crippen LogP contribution in [0.5, 0.6) is 0 Å². The molecule has 0 rings (SSSR count). The third-order valence-electron chi connectivity index (χ3n) is 5.31. The van der Waals surface area contributed by atoms with Gasteiger partial charge in [0.15, 0.2) is 5.25 Å². The fourth-order valence-electron chi connectivity index (χ4n) is 3.34. The minimum Gasteiger partial charge on any atom is -0.550 e. The van der Waals surface area contributed by atoms with Crippen molar-refractivity contribution < 1.29 is 66.8 Å². The molecule has 0 spiro atoms. The van der Waals surface area contributed by atoms with Crippen LogP contribution in [0.15, 0.2) is 12.2 Å². The molecule has 0 saturated heterocycles. The topological polar surface area (TPSA) is 150 Å². The molecule has 2 N–H and O–H groups in total. The Morgan fingerprint density at radius 2 is 1.43 bits per heavy atom. The molecule has 1 amide bonds. The van der Waals surface area contributed by atoms with Gasteiger partial charge in [-0.25, -0.2) is 0 Å². The molecular formula is C24H42NNaO8S. The maximum Gasteiger partial charge on any atom is 1.00 e. The van der Waals surface area contributed by atoms with E-state index in [0.717, 1.165) is 38.5 Å². The van der Waals surface area contributed by atoms with E-state index in [1.165, 1.54) is 44.9 Å². The van der Waals surface area contributed by atoms with E-state index in [-0.39, 0.29) is 48.6 Å². The third-order valence-corrected chi connectivity index (χ3v) is 6.39. The van der Waals surface area contributed by atoms with E-state index in [1.54, 1.807) is 0 Å². The van der Waals surface area contributed by atoms with E-state index in [4.69, 9.17) is 4.55 Å². The van der Waals surface area contributed by atoms with Crippen molar-refractivity contribution in [2.75, 3.05) is 13.2 Å². The van der Waals surface area contributed by atoms with Crippen molar-refractivity contribution in [2.24, 2.45) is 0 Å². The summed E-state index contributed by atoms with van der Waals surface area (Å²) in [6.45, 7) is 1.85. The van der Waals surface area contributed by atoms with E-state index in [9.17, 15) is 27.9 Å². The zero-order chi connectivity index (χ0) is 25.7. The van der Waals surface area contributed by atoms with Crippen LogP contribution in [-0.4, -0.2) is 49.2 Å². The van der Waals surface area contributed by atoms with Gasteiger partial charge in [0.2, 0.25) is 5.91 Å². The molecule has 0 aliphatic heterocycles. The van der Waals surface area contributed by atoms with Gasteiger partial charge in [-0.05, 0) is 32.1 Å². The first kappa shape index (κ1) is 36.2.